The van der Waals surface area contributed by atoms with Crippen LogP contribution in [0.2, 0.25) is 0 Å². The molecule has 4 aromatic carbocycles. The van der Waals surface area contributed by atoms with Crippen LogP contribution in [0, 0.1) is 32.6 Å². The largest absolute Gasteiger partial charge is 0.509 e. The minimum atomic E-state index is -0.00488. The minimum Gasteiger partial charge on any atom is -0.509 e. The summed E-state index contributed by atoms with van der Waals surface area (Å²) >= 11 is 0. The molecule has 0 bridgehead atoms. The minimum absolute atomic E-state index is 0. The molecule has 7 heteroatoms. The number of hydrogen-bond donors (Lipinski definition) is 0. The van der Waals surface area contributed by atoms with Crippen LogP contribution >= 0.6 is 0 Å². The van der Waals surface area contributed by atoms with Gasteiger partial charge in [0.05, 0.1) is 0 Å². The Morgan fingerprint density at radius 2 is 1.48 bits per heavy atom. The average molecular weight is 808 g/mol. The molecule has 8 rings (SSSR count). The van der Waals surface area contributed by atoms with Crippen LogP contribution in [-0.4, -0.2) is 14.5 Å². The van der Waals surface area contributed by atoms with Gasteiger partial charge in [0, 0.05) is 61.8 Å². The number of para-hydroxylation sites is 3. The number of fused-ring (bicyclic) bond motifs is 4. The maximum atomic E-state index is 6.47. The number of benzene rings is 4. The number of anilines is 4. The van der Waals surface area contributed by atoms with Crippen molar-refractivity contribution < 1.29 is 25.8 Å². The van der Waals surface area contributed by atoms with E-state index in [1.54, 1.807) is 0 Å². The third kappa shape index (κ3) is 5.54. The van der Waals surface area contributed by atoms with E-state index in [0.29, 0.717) is 11.5 Å². The fraction of sp³-hybridized carbons (Fsp3) is 0.146. The summed E-state index contributed by atoms with van der Waals surface area (Å²) in [5, 5.41) is 2.24. The van der Waals surface area contributed by atoms with Crippen LogP contribution in [0.3, 0.4) is 0 Å². The molecule has 0 unspecified atom stereocenters. The maximum absolute atomic E-state index is 6.47. The SMILES string of the molecule is Cc1cnc(N2[CH-]N(c3[c-]c(Oc4[c-]c5c(cc4)c4ccccc4n5-c4cc(C(C)(C)C)ccn4)ccc3)c3ccccc32)c(C)c1.[Pt]. The molecule has 7 aromatic rings. The molecule has 0 spiro atoms. The molecule has 0 amide bonds. The quantitative estimate of drug-likeness (QED) is 0.162. The summed E-state index contributed by atoms with van der Waals surface area (Å²) in [6, 6.07) is 40.3. The molecule has 0 radical (unpaired) electrons. The summed E-state index contributed by atoms with van der Waals surface area (Å²) < 4.78 is 8.65. The number of aromatic nitrogens is 3. The zero-order valence-corrected chi connectivity index (χ0v) is 29.7. The van der Waals surface area contributed by atoms with E-state index in [-0.39, 0.29) is 26.5 Å². The van der Waals surface area contributed by atoms with Crippen LogP contribution < -0.4 is 14.5 Å². The number of nitrogens with zero attached hydrogens (tertiary/aromatic N) is 5. The number of rotatable bonds is 5. The summed E-state index contributed by atoms with van der Waals surface area (Å²) in [5.41, 5.74) is 8.43. The van der Waals surface area contributed by atoms with Crippen molar-refractivity contribution in [2.45, 2.75) is 40.0 Å². The smallest absolute Gasteiger partial charge is 0.135 e. The summed E-state index contributed by atoms with van der Waals surface area (Å²) in [7, 11) is 0. The van der Waals surface area contributed by atoms with Crippen molar-refractivity contribution in [2.75, 3.05) is 9.80 Å². The maximum Gasteiger partial charge on any atom is 0.135 e. The van der Waals surface area contributed by atoms with E-state index >= 15 is 0 Å². The van der Waals surface area contributed by atoms with Crippen LogP contribution in [-0.2, 0) is 26.5 Å². The first-order valence-corrected chi connectivity index (χ1v) is 15.8. The van der Waals surface area contributed by atoms with Gasteiger partial charge in [-0.1, -0.05) is 62.7 Å². The third-order valence-corrected chi connectivity index (χ3v) is 8.68. The molecule has 0 saturated heterocycles. The van der Waals surface area contributed by atoms with Gasteiger partial charge in [-0.25, -0.2) is 9.97 Å². The molecule has 6 nitrogen and oxygen atoms in total. The van der Waals surface area contributed by atoms with Crippen molar-refractivity contribution in [2.24, 2.45) is 0 Å². The zero-order chi connectivity index (χ0) is 32.3. The van der Waals surface area contributed by atoms with E-state index in [9.17, 15) is 0 Å². The van der Waals surface area contributed by atoms with Gasteiger partial charge in [-0.05, 0) is 71.7 Å². The van der Waals surface area contributed by atoms with Crippen molar-refractivity contribution in [1.82, 2.24) is 14.5 Å². The molecule has 0 fully saturated rings. The second-order valence-corrected chi connectivity index (χ2v) is 13.1. The van der Waals surface area contributed by atoms with E-state index < -0.39 is 0 Å². The van der Waals surface area contributed by atoms with Gasteiger partial charge in [-0.3, -0.25) is 0 Å². The fourth-order valence-electron chi connectivity index (χ4n) is 6.37. The average Bonchev–Trinajstić information content (AvgIpc) is 3.61. The van der Waals surface area contributed by atoms with Crippen LogP contribution in [0.5, 0.6) is 11.5 Å². The molecule has 0 aliphatic carbocycles. The first-order valence-electron chi connectivity index (χ1n) is 15.8. The van der Waals surface area contributed by atoms with Crippen molar-refractivity contribution in [3.63, 3.8) is 0 Å². The van der Waals surface area contributed by atoms with E-state index in [2.05, 4.69) is 135 Å². The number of aryl methyl sites for hydroxylation is 2. The molecule has 4 heterocycles. The Bertz CT molecular complexity index is 2300. The van der Waals surface area contributed by atoms with Gasteiger partial charge in [0.25, 0.3) is 0 Å². The summed E-state index contributed by atoms with van der Waals surface area (Å²) in [6.45, 7) is 12.9. The Balaban J connectivity index is 0.00000364. The van der Waals surface area contributed by atoms with Crippen molar-refractivity contribution in [1.29, 1.82) is 0 Å². The van der Waals surface area contributed by atoms with Gasteiger partial charge in [-0.15, -0.1) is 48.1 Å². The Kier molecular flexibility index (Phi) is 8.09. The summed E-state index contributed by atoms with van der Waals surface area (Å²) in [6.07, 6.45) is 3.80. The molecular weight excluding hydrogens is 774 g/mol. The van der Waals surface area contributed by atoms with Gasteiger partial charge in [-0.2, -0.15) is 12.1 Å². The van der Waals surface area contributed by atoms with E-state index in [0.717, 1.165) is 61.6 Å². The fourth-order valence-corrected chi connectivity index (χ4v) is 6.37. The Morgan fingerprint density at radius 3 is 2.27 bits per heavy atom. The zero-order valence-electron chi connectivity index (χ0n) is 27.4. The van der Waals surface area contributed by atoms with Gasteiger partial charge >= 0.3 is 0 Å². The second-order valence-electron chi connectivity index (χ2n) is 13.1. The molecule has 1 aliphatic heterocycles. The van der Waals surface area contributed by atoms with Gasteiger partial charge in [0.2, 0.25) is 0 Å². The van der Waals surface area contributed by atoms with E-state index in [4.69, 9.17) is 14.7 Å². The molecular formula is C41H34N5OPt-3. The van der Waals surface area contributed by atoms with Crippen LogP contribution in [0.4, 0.5) is 22.9 Å². The monoisotopic (exact) mass is 807 g/mol. The Morgan fingerprint density at radius 1 is 0.729 bits per heavy atom. The first kappa shape index (κ1) is 31.7. The molecule has 0 atom stereocenters. The van der Waals surface area contributed by atoms with Crippen LogP contribution in [0.1, 0.15) is 37.5 Å². The topological polar surface area (TPSA) is 46.4 Å². The number of ether oxygens (including phenoxy) is 1. The molecule has 0 N–H and O–H groups in total. The number of hydrogen-bond acceptors (Lipinski definition) is 5. The molecule has 1 aliphatic rings. The first-order chi connectivity index (χ1) is 22.7. The van der Waals surface area contributed by atoms with E-state index in [1.165, 1.54) is 5.56 Å². The van der Waals surface area contributed by atoms with Crippen LogP contribution in [0.25, 0.3) is 27.6 Å². The van der Waals surface area contributed by atoms with Crippen molar-refractivity contribution in [3.05, 3.63) is 145 Å². The molecule has 3 aromatic heterocycles. The summed E-state index contributed by atoms with van der Waals surface area (Å²) in [5.74, 6) is 2.96. The van der Waals surface area contributed by atoms with Gasteiger partial charge < -0.3 is 19.1 Å². The predicted molar refractivity (Wildman–Crippen MR) is 190 cm³/mol. The van der Waals surface area contributed by atoms with Crippen molar-refractivity contribution >= 4 is 44.7 Å². The molecule has 0 saturated carbocycles. The third-order valence-electron chi connectivity index (χ3n) is 8.68. The summed E-state index contributed by atoms with van der Waals surface area (Å²) in [4.78, 5) is 13.8. The van der Waals surface area contributed by atoms with Gasteiger partial charge in [0.1, 0.15) is 11.6 Å². The Labute approximate surface area is 295 Å². The van der Waals surface area contributed by atoms with Crippen molar-refractivity contribution in [3.8, 4) is 17.3 Å². The van der Waals surface area contributed by atoms with Crippen LogP contribution in [0.15, 0.2) is 109 Å². The standard InChI is InChI=1S/C41H34N5O.Pt/c1-27-21-28(2)40(43-25-27)45-26-44(36-15-8-9-16-37(36)45)30-11-10-12-31(23-30)47-32-17-18-34-33-13-6-7-14-35(33)46(38(34)24-32)39-22-29(19-20-42-39)41(3,4)5;/h6-22,25-26H,1-5H3;/q-3;. The van der Waals surface area contributed by atoms with Gasteiger partial charge in [0.15, 0.2) is 0 Å². The normalized spacial score (nSPS) is 12.8. The Hall–Kier alpha value is -4.93. The number of pyridine rings is 2. The second kappa shape index (κ2) is 12.3. The molecule has 242 valence electrons. The molecule has 48 heavy (non-hydrogen) atoms. The predicted octanol–water partition coefficient (Wildman–Crippen LogP) is 10.3. The van der Waals surface area contributed by atoms with E-state index in [1.807, 2.05) is 42.7 Å².